The zero-order valence-electron chi connectivity index (χ0n) is 8.80. The van der Waals surface area contributed by atoms with E-state index < -0.39 is 0 Å². The highest BCUT2D eigenvalue weighted by atomic mass is 16.2. The van der Waals surface area contributed by atoms with Gasteiger partial charge in [0.15, 0.2) is 0 Å². The van der Waals surface area contributed by atoms with E-state index in [0.717, 1.165) is 4.90 Å². The van der Waals surface area contributed by atoms with Crippen LogP contribution in [0.2, 0.25) is 0 Å². The molecule has 0 aromatic rings. The first-order valence-electron chi connectivity index (χ1n) is 4.38. The predicted molar refractivity (Wildman–Crippen MR) is 56.3 cm³/mol. The molecule has 3 nitrogen and oxygen atoms in total. The summed E-state index contributed by atoms with van der Waals surface area (Å²) in [4.78, 5) is 24.2. The number of hydrogen-bond acceptors (Lipinski definition) is 2. The fourth-order valence-electron chi connectivity index (χ4n) is 0.914. The third kappa shape index (κ3) is 3.17. The maximum atomic E-state index is 11.5. The monoisotopic (exact) mass is 194 g/mol. The topological polar surface area (TPSA) is 37.4 Å². The van der Waals surface area contributed by atoms with Gasteiger partial charge in [0.2, 0.25) is 0 Å². The minimum Gasteiger partial charge on any atom is -0.275 e. The zero-order valence-corrected chi connectivity index (χ0v) is 8.80. The Labute approximate surface area is 85.1 Å². The van der Waals surface area contributed by atoms with Crippen LogP contribution in [0.1, 0.15) is 20.3 Å². The molecule has 0 saturated heterocycles. The summed E-state index contributed by atoms with van der Waals surface area (Å²) >= 11 is 0. The highest BCUT2D eigenvalue weighted by Crippen LogP contribution is 2.05. The minimum absolute atomic E-state index is 0.303. The first kappa shape index (κ1) is 12.6. The van der Waals surface area contributed by atoms with E-state index in [2.05, 4.69) is 20.1 Å². The third-order valence-corrected chi connectivity index (χ3v) is 1.60. The lowest BCUT2D eigenvalue weighted by Crippen LogP contribution is -2.38. The fourth-order valence-corrected chi connectivity index (χ4v) is 0.914. The Balaban J connectivity index is 4.76. The molecule has 3 heteroatoms. The van der Waals surface area contributed by atoms with Crippen LogP contribution in [-0.4, -0.2) is 23.3 Å². The number of amides is 2. The first-order valence-corrected chi connectivity index (χ1v) is 4.38. The molecule has 0 rings (SSSR count). The van der Waals surface area contributed by atoms with E-state index in [0.29, 0.717) is 24.1 Å². The molecular weight excluding hydrogens is 178 g/mol. The Hall–Kier alpha value is -1.38. The minimum atomic E-state index is -0.360. The van der Waals surface area contributed by atoms with Gasteiger partial charge in [0.25, 0.3) is 11.8 Å². The Morgan fingerprint density at radius 3 is 1.64 bits per heavy atom. The molecule has 0 aliphatic heterocycles. The summed E-state index contributed by atoms with van der Waals surface area (Å²) in [5.74, 6) is -0.719. The molecule has 0 atom stereocenters. The Bertz CT molecular complexity index is 253. The summed E-state index contributed by atoms with van der Waals surface area (Å²) in [5.41, 5.74) is 0.682. The van der Waals surface area contributed by atoms with Crippen molar-refractivity contribution >= 4 is 11.8 Å². The van der Waals surface area contributed by atoms with Crippen molar-refractivity contribution in [3.05, 3.63) is 31.2 Å². The molecule has 0 aromatic carbocycles. The van der Waals surface area contributed by atoms with E-state index in [1.807, 2.05) is 0 Å². The van der Waals surface area contributed by atoms with Crippen LogP contribution >= 0.6 is 0 Å². The summed E-state index contributed by atoms with van der Waals surface area (Å²) in [5, 5.41) is 0. The van der Waals surface area contributed by atoms with Crippen LogP contribution in [0.15, 0.2) is 24.3 Å². The van der Waals surface area contributed by atoms with Gasteiger partial charge in [0.1, 0.15) is 0 Å². The van der Waals surface area contributed by atoms with Gasteiger partial charge in [-0.25, -0.2) is 0 Å². The highest BCUT2D eigenvalue weighted by Gasteiger charge is 2.20. The predicted octanol–water partition coefficient (Wildman–Crippen LogP) is 1.72. The van der Waals surface area contributed by atoms with Gasteiger partial charge in [-0.1, -0.05) is 20.1 Å². The largest absolute Gasteiger partial charge is 0.275 e. The van der Waals surface area contributed by atoms with Crippen molar-refractivity contribution in [1.82, 2.24) is 4.90 Å². The standard InChI is InChI=1S/C11H16NO2/c1-6-7-12(10(13)8(2)3)11(14)9(4)5/h1-2,4,6-7H2,3,5H3. The van der Waals surface area contributed by atoms with Gasteiger partial charge >= 0.3 is 0 Å². The summed E-state index contributed by atoms with van der Waals surface area (Å²) in [6, 6.07) is 0. The molecule has 0 fully saturated rings. The Morgan fingerprint density at radius 1 is 1.07 bits per heavy atom. The van der Waals surface area contributed by atoms with Crippen LogP contribution in [-0.2, 0) is 9.59 Å². The quantitative estimate of drug-likeness (QED) is 0.639. The molecule has 77 valence electrons. The summed E-state index contributed by atoms with van der Waals surface area (Å²) in [6.45, 7) is 14.1. The second kappa shape index (κ2) is 5.37. The van der Waals surface area contributed by atoms with E-state index in [4.69, 9.17) is 0 Å². The number of imide groups is 1. The molecule has 0 aromatic heterocycles. The van der Waals surface area contributed by atoms with Crippen LogP contribution in [0.4, 0.5) is 0 Å². The van der Waals surface area contributed by atoms with E-state index in [1.54, 1.807) is 13.8 Å². The summed E-state index contributed by atoms with van der Waals surface area (Å²) in [7, 11) is 0. The molecule has 0 spiro atoms. The number of hydrogen-bond donors (Lipinski definition) is 0. The van der Waals surface area contributed by atoms with Crippen LogP contribution in [0.5, 0.6) is 0 Å². The average Bonchev–Trinajstić information content (AvgIpc) is 2.11. The van der Waals surface area contributed by atoms with Crippen molar-refractivity contribution in [1.29, 1.82) is 0 Å². The number of carbonyl (C=O) groups excluding carboxylic acids is 2. The van der Waals surface area contributed by atoms with E-state index in [-0.39, 0.29) is 11.8 Å². The molecule has 0 unspecified atom stereocenters. The number of nitrogens with zero attached hydrogens (tertiary/aromatic N) is 1. The number of rotatable bonds is 4. The smallest absolute Gasteiger partial charge is 0.255 e. The SMILES string of the molecule is [CH2]CCN(C(=O)C(=C)C)C(=O)C(=C)C. The van der Waals surface area contributed by atoms with Crippen LogP contribution in [0, 0.1) is 6.92 Å². The maximum absolute atomic E-state index is 11.5. The van der Waals surface area contributed by atoms with Gasteiger partial charge in [0.05, 0.1) is 0 Å². The molecule has 0 heterocycles. The summed E-state index contributed by atoms with van der Waals surface area (Å²) < 4.78 is 0. The van der Waals surface area contributed by atoms with Crippen molar-refractivity contribution in [2.45, 2.75) is 20.3 Å². The average molecular weight is 194 g/mol. The third-order valence-electron chi connectivity index (χ3n) is 1.60. The molecule has 0 aliphatic carbocycles. The van der Waals surface area contributed by atoms with E-state index in [9.17, 15) is 9.59 Å². The lowest BCUT2D eigenvalue weighted by atomic mass is 10.2. The lowest BCUT2D eigenvalue weighted by molar-refractivity contribution is -0.139. The van der Waals surface area contributed by atoms with E-state index in [1.165, 1.54) is 0 Å². The van der Waals surface area contributed by atoms with Gasteiger partial charge in [-0.15, -0.1) is 0 Å². The second-order valence-electron chi connectivity index (χ2n) is 3.18. The first-order chi connectivity index (χ1) is 6.41. The molecule has 0 N–H and O–H groups in total. The molecule has 0 bridgehead atoms. The van der Waals surface area contributed by atoms with Crippen molar-refractivity contribution in [2.24, 2.45) is 0 Å². The van der Waals surface area contributed by atoms with Crippen molar-refractivity contribution in [3.63, 3.8) is 0 Å². The highest BCUT2D eigenvalue weighted by molar-refractivity contribution is 6.08. The van der Waals surface area contributed by atoms with Crippen LogP contribution in [0.3, 0.4) is 0 Å². The molecule has 2 amide bonds. The summed E-state index contributed by atoms with van der Waals surface area (Å²) in [6.07, 6.45) is 0.484. The molecule has 14 heavy (non-hydrogen) atoms. The normalized spacial score (nSPS) is 9.36. The molecular formula is C11H16NO2. The van der Waals surface area contributed by atoms with Gasteiger partial charge in [-0.05, 0) is 20.3 Å². The lowest BCUT2D eigenvalue weighted by Gasteiger charge is -2.20. The van der Waals surface area contributed by atoms with Crippen molar-refractivity contribution < 1.29 is 9.59 Å². The molecule has 1 radical (unpaired) electrons. The van der Waals surface area contributed by atoms with Crippen molar-refractivity contribution in [2.75, 3.05) is 6.54 Å². The Morgan fingerprint density at radius 2 is 1.43 bits per heavy atom. The fraction of sp³-hybridized carbons (Fsp3) is 0.364. The Kier molecular flexibility index (Phi) is 4.84. The van der Waals surface area contributed by atoms with Crippen LogP contribution < -0.4 is 0 Å². The van der Waals surface area contributed by atoms with Gasteiger partial charge in [0, 0.05) is 17.7 Å². The molecule has 0 aliphatic rings. The number of carbonyl (C=O) groups is 2. The maximum Gasteiger partial charge on any atom is 0.255 e. The second-order valence-corrected chi connectivity index (χ2v) is 3.18. The van der Waals surface area contributed by atoms with Crippen LogP contribution in [0.25, 0.3) is 0 Å². The van der Waals surface area contributed by atoms with Crippen molar-refractivity contribution in [3.8, 4) is 0 Å². The van der Waals surface area contributed by atoms with Gasteiger partial charge < -0.3 is 0 Å². The van der Waals surface area contributed by atoms with Gasteiger partial charge in [-0.3, -0.25) is 14.5 Å². The van der Waals surface area contributed by atoms with E-state index >= 15 is 0 Å². The van der Waals surface area contributed by atoms with Gasteiger partial charge in [-0.2, -0.15) is 0 Å². The zero-order chi connectivity index (χ0) is 11.3. The molecule has 0 saturated carbocycles.